The zero-order chi connectivity index (χ0) is 15.2. The van der Waals surface area contributed by atoms with Gasteiger partial charge in [-0.25, -0.2) is 13.4 Å². The summed E-state index contributed by atoms with van der Waals surface area (Å²) < 4.78 is 27.2. The largest absolute Gasteiger partial charge is 0.278 e. The third-order valence-corrected chi connectivity index (χ3v) is 4.53. The highest BCUT2D eigenvalue weighted by Gasteiger charge is 2.19. The van der Waals surface area contributed by atoms with E-state index in [4.69, 9.17) is 11.6 Å². The maximum Gasteiger partial charge on any atom is 0.177 e. The predicted molar refractivity (Wildman–Crippen MR) is 80.5 cm³/mol. The summed E-state index contributed by atoms with van der Waals surface area (Å²) in [5.74, 6) is 1.37. The van der Waals surface area contributed by atoms with E-state index in [1.165, 1.54) is 6.26 Å². The molecule has 0 spiro atoms. The fourth-order valence-electron chi connectivity index (χ4n) is 2.29. The van der Waals surface area contributed by atoms with Crippen molar-refractivity contribution >= 4 is 32.5 Å². The third kappa shape index (κ3) is 2.32. The second-order valence-corrected chi connectivity index (χ2v) is 6.99. The van der Waals surface area contributed by atoms with Gasteiger partial charge in [0.2, 0.25) is 0 Å². The van der Waals surface area contributed by atoms with Crippen LogP contribution in [-0.2, 0) is 22.8 Å². The van der Waals surface area contributed by atoms with Gasteiger partial charge in [-0.3, -0.25) is 9.25 Å². The third-order valence-electron chi connectivity index (χ3n) is 3.17. The van der Waals surface area contributed by atoms with Crippen molar-refractivity contribution in [3.8, 4) is 5.82 Å². The van der Waals surface area contributed by atoms with Crippen molar-refractivity contribution in [3.63, 3.8) is 0 Å². The highest BCUT2D eigenvalue weighted by molar-refractivity contribution is 7.91. The molecule has 0 unspecified atom stereocenters. The summed E-state index contributed by atoms with van der Waals surface area (Å²) in [4.78, 5) is 4.58. The molecule has 1 aromatic carbocycles. The van der Waals surface area contributed by atoms with Crippen LogP contribution in [0.3, 0.4) is 0 Å². The first-order chi connectivity index (χ1) is 9.91. The highest BCUT2D eigenvalue weighted by Crippen LogP contribution is 2.26. The van der Waals surface area contributed by atoms with E-state index >= 15 is 0 Å². The zero-order valence-electron chi connectivity index (χ0n) is 11.5. The maximum absolute atomic E-state index is 11.9. The quantitative estimate of drug-likeness (QED) is 0.690. The minimum Gasteiger partial charge on any atom is -0.278 e. The van der Waals surface area contributed by atoms with Crippen LogP contribution in [0.1, 0.15) is 5.82 Å². The molecular weight excluding hydrogens is 312 g/mol. The molecule has 0 aliphatic carbocycles. The van der Waals surface area contributed by atoms with Gasteiger partial charge < -0.3 is 0 Å². The molecule has 8 heteroatoms. The van der Waals surface area contributed by atoms with Gasteiger partial charge in [0.1, 0.15) is 11.3 Å². The molecule has 0 bridgehead atoms. The molecule has 3 aromatic rings. The Labute approximate surface area is 126 Å². The first-order valence-electron chi connectivity index (χ1n) is 6.18. The minimum absolute atomic E-state index is 0.161. The Kier molecular flexibility index (Phi) is 3.26. The average Bonchev–Trinajstić information content (AvgIpc) is 2.99. The molecule has 110 valence electrons. The second kappa shape index (κ2) is 4.85. The number of sulfone groups is 1. The van der Waals surface area contributed by atoms with Gasteiger partial charge in [-0.2, -0.15) is 5.10 Å². The molecule has 21 heavy (non-hydrogen) atoms. The van der Waals surface area contributed by atoms with Gasteiger partial charge in [0.15, 0.2) is 15.7 Å². The lowest BCUT2D eigenvalue weighted by atomic mass is 10.3. The molecule has 2 aromatic heterocycles. The summed E-state index contributed by atoms with van der Waals surface area (Å²) in [5, 5.41) is 4.34. The van der Waals surface area contributed by atoms with Gasteiger partial charge in [0, 0.05) is 25.6 Å². The average molecular weight is 325 g/mol. The Morgan fingerprint density at radius 1 is 1.29 bits per heavy atom. The van der Waals surface area contributed by atoms with Crippen molar-refractivity contribution < 1.29 is 8.42 Å². The second-order valence-electron chi connectivity index (χ2n) is 4.74. The number of imidazole rings is 1. The van der Waals surface area contributed by atoms with Crippen LogP contribution < -0.4 is 0 Å². The van der Waals surface area contributed by atoms with Crippen molar-refractivity contribution in [3.05, 3.63) is 36.3 Å². The predicted octanol–water partition coefficient (Wildman–Crippen LogP) is 1.90. The molecular formula is C13H13ClN4O2S. The van der Waals surface area contributed by atoms with Crippen LogP contribution in [0.4, 0.5) is 0 Å². The van der Waals surface area contributed by atoms with Crippen molar-refractivity contribution in [2.75, 3.05) is 6.26 Å². The smallest absolute Gasteiger partial charge is 0.177 e. The van der Waals surface area contributed by atoms with Crippen LogP contribution in [0.25, 0.3) is 16.9 Å². The van der Waals surface area contributed by atoms with Gasteiger partial charge in [0.05, 0.1) is 16.3 Å². The molecule has 0 saturated carbocycles. The Balaban J connectivity index is 2.40. The van der Waals surface area contributed by atoms with E-state index in [9.17, 15) is 8.42 Å². The molecule has 0 aliphatic heterocycles. The lowest BCUT2D eigenvalue weighted by Gasteiger charge is -2.04. The maximum atomic E-state index is 11.9. The lowest BCUT2D eigenvalue weighted by molar-refractivity contribution is 0.602. The summed E-state index contributed by atoms with van der Waals surface area (Å²) >= 11 is 5.96. The number of benzene rings is 1. The van der Waals surface area contributed by atoms with E-state index in [1.807, 2.05) is 19.2 Å². The zero-order valence-corrected chi connectivity index (χ0v) is 13.1. The highest BCUT2D eigenvalue weighted by atomic mass is 35.5. The van der Waals surface area contributed by atoms with Crippen LogP contribution in [0.2, 0.25) is 0 Å². The Morgan fingerprint density at radius 3 is 2.62 bits per heavy atom. The Bertz CT molecular complexity index is 927. The number of alkyl halides is 1. The SMILES string of the molecule is Cn1ccc(-n2c(CCl)nc3c(S(C)(=O)=O)cccc32)n1. The van der Waals surface area contributed by atoms with Gasteiger partial charge in [-0.05, 0) is 12.1 Å². The number of rotatable bonds is 3. The monoisotopic (exact) mass is 324 g/mol. The number of aryl methyl sites for hydroxylation is 1. The van der Waals surface area contributed by atoms with E-state index in [0.29, 0.717) is 22.7 Å². The molecule has 6 nitrogen and oxygen atoms in total. The van der Waals surface area contributed by atoms with Crippen molar-refractivity contribution in [2.45, 2.75) is 10.8 Å². The van der Waals surface area contributed by atoms with E-state index in [0.717, 1.165) is 0 Å². The topological polar surface area (TPSA) is 69.8 Å². The number of nitrogens with zero attached hydrogens (tertiary/aromatic N) is 4. The normalized spacial score (nSPS) is 12.1. The molecule has 0 saturated heterocycles. The van der Waals surface area contributed by atoms with Gasteiger partial charge in [-0.1, -0.05) is 6.07 Å². The molecule has 2 heterocycles. The first-order valence-corrected chi connectivity index (χ1v) is 8.61. The van der Waals surface area contributed by atoms with Crippen molar-refractivity contribution in [1.82, 2.24) is 19.3 Å². The minimum atomic E-state index is -3.36. The van der Waals surface area contributed by atoms with Crippen LogP contribution in [0.15, 0.2) is 35.4 Å². The number of fused-ring (bicyclic) bond motifs is 1. The molecule has 0 radical (unpaired) electrons. The number of hydrogen-bond acceptors (Lipinski definition) is 4. The fraction of sp³-hybridized carbons (Fsp3) is 0.231. The molecule has 0 amide bonds. The van der Waals surface area contributed by atoms with E-state index in [1.54, 1.807) is 27.6 Å². The summed E-state index contributed by atoms with van der Waals surface area (Å²) in [7, 11) is -1.55. The van der Waals surface area contributed by atoms with Gasteiger partial charge >= 0.3 is 0 Å². The summed E-state index contributed by atoms with van der Waals surface area (Å²) in [5.41, 5.74) is 1.09. The van der Waals surface area contributed by atoms with Crippen molar-refractivity contribution in [1.29, 1.82) is 0 Å². The van der Waals surface area contributed by atoms with Crippen LogP contribution >= 0.6 is 11.6 Å². The van der Waals surface area contributed by atoms with Gasteiger partial charge in [0.25, 0.3) is 0 Å². The van der Waals surface area contributed by atoms with E-state index in [-0.39, 0.29) is 10.8 Å². The molecule has 0 fully saturated rings. The van der Waals surface area contributed by atoms with E-state index < -0.39 is 9.84 Å². The van der Waals surface area contributed by atoms with Crippen LogP contribution in [0.5, 0.6) is 0 Å². The summed E-state index contributed by atoms with van der Waals surface area (Å²) in [6.07, 6.45) is 2.97. The Morgan fingerprint density at radius 2 is 2.05 bits per heavy atom. The number of halogens is 1. The number of aromatic nitrogens is 4. The Hall–Kier alpha value is -1.86. The molecule has 0 atom stereocenters. The molecule has 0 aliphatic rings. The fourth-order valence-corrected chi connectivity index (χ4v) is 3.29. The summed E-state index contributed by atoms with van der Waals surface area (Å²) in [6.45, 7) is 0. The number of hydrogen-bond donors (Lipinski definition) is 0. The molecule has 3 rings (SSSR count). The lowest BCUT2D eigenvalue weighted by Crippen LogP contribution is -2.01. The van der Waals surface area contributed by atoms with E-state index in [2.05, 4.69) is 10.1 Å². The summed E-state index contributed by atoms with van der Waals surface area (Å²) in [6, 6.07) is 6.87. The van der Waals surface area contributed by atoms with Crippen molar-refractivity contribution in [2.24, 2.45) is 7.05 Å². The standard InChI is InChI=1S/C13H13ClN4O2S/c1-17-7-6-11(16-17)18-9-4-3-5-10(21(2,19)20)13(9)15-12(18)8-14/h3-7H,8H2,1-2H3. The van der Waals surface area contributed by atoms with Crippen LogP contribution in [-0.4, -0.2) is 34.0 Å². The van der Waals surface area contributed by atoms with Crippen LogP contribution in [0, 0.1) is 0 Å². The molecule has 0 N–H and O–H groups in total. The van der Waals surface area contributed by atoms with Gasteiger partial charge in [-0.15, -0.1) is 11.6 Å². The first kappa shape index (κ1) is 14.1. The number of para-hydroxylation sites is 1.